The molecule has 42 heavy (non-hydrogen) atoms. The number of carboxylic acid groups (broad SMARTS) is 1. The highest BCUT2D eigenvalue weighted by Crippen LogP contribution is 2.55. The van der Waals surface area contributed by atoms with Crippen LogP contribution in [-0.2, 0) is 16.8 Å². The number of benzene rings is 3. The second kappa shape index (κ2) is 12.6. The number of aromatic nitrogens is 1. The summed E-state index contributed by atoms with van der Waals surface area (Å²) >= 11 is 7.79. The van der Waals surface area contributed by atoms with Crippen LogP contribution in [-0.4, -0.2) is 33.1 Å². The summed E-state index contributed by atoms with van der Waals surface area (Å²) in [6.07, 6.45) is 4.56. The van der Waals surface area contributed by atoms with E-state index in [1.807, 2.05) is 78.9 Å². The molecule has 1 aliphatic rings. The maximum absolute atomic E-state index is 14.4. The van der Waals surface area contributed by atoms with Gasteiger partial charge in [-0.05, 0) is 79.6 Å². The zero-order valence-electron chi connectivity index (χ0n) is 23.8. The molecule has 4 aromatic rings. The summed E-state index contributed by atoms with van der Waals surface area (Å²) in [6, 6.07) is 25.8. The van der Waals surface area contributed by atoms with Gasteiger partial charge in [-0.15, -0.1) is 0 Å². The first-order chi connectivity index (χ1) is 20.0. The molecule has 1 saturated carbocycles. The minimum atomic E-state index is -1.07. The second-order valence-corrected chi connectivity index (χ2v) is 13.4. The molecule has 0 aliphatic heterocycles. The molecule has 1 aromatic heterocycles. The van der Waals surface area contributed by atoms with Crippen molar-refractivity contribution in [3.63, 3.8) is 0 Å². The molecule has 5 rings (SSSR count). The minimum absolute atomic E-state index is 0.0209. The van der Waals surface area contributed by atoms with Crippen molar-refractivity contribution in [2.75, 3.05) is 5.75 Å². The first-order valence-corrected chi connectivity index (χ1v) is 15.6. The van der Waals surface area contributed by atoms with Gasteiger partial charge in [0.05, 0.1) is 23.2 Å². The molecule has 0 amide bonds. The lowest BCUT2D eigenvalue weighted by Crippen LogP contribution is -2.18. The summed E-state index contributed by atoms with van der Waals surface area (Å²) in [4.78, 5) is 16.2. The highest BCUT2D eigenvalue weighted by atomic mass is 35.5. The van der Waals surface area contributed by atoms with Gasteiger partial charge < -0.3 is 10.2 Å². The molecular weight excluding hydrogens is 569 g/mol. The largest absolute Gasteiger partial charge is 0.481 e. The Morgan fingerprint density at radius 2 is 1.88 bits per heavy atom. The summed E-state index contributed by atoms with van der Waals surface area (Å²) in [7, 11) is 0. The van der Waals surface area contributed by atoms with Crippen molar-refractivity contribution in [3.05, 3.63) is 112 Å². The summed E-state index contributed by atoms with van der Waals surface area (Å²) in [5, 5.41) is 21.8. The molecule has 1 aliphatic carbocycles. The fraction of sp³-hybridized carbons (Fsp3) is 0.314. The quantitative estimate of drug-likeness (QED) is 0.169. The van der Waals surface area contributed by atoms with Crippen LogP contribution in [0.1, 0.15) is 66.3 Å². The molecule has 2 N–H and O–H groups in total. The van der Waals surface area contributed by atoms with Crippen molar-refractivity contribution in [1.29, 1.82) is 0 Å². The zero-order chi connectivity index (χ0) is 29.9. The third-order valence-corrected chi connectivity index (χ3v) is 9.81. The van der Waals surface area contributed by atoms with Crippen LogP contribution in [0.15, 0.2) is 78.9 Å². The van der Waals surface area contributed by atoms with Crippen LogP contribution in [0, 0.1) is 5.41 Å². The number of carboxylic acids is 1. The van der Waals surface area contributed by atoms with E-state index in [1.165, 1.54) is 0 Å². The number of aliphatic hydroxyl groups is 1. The molecule has 1 fully saturated rings. The normalized spacial score (nSPS) is 19.3. The molecule has 218 valence electrons. The van der Waals surface area contributed by atoms with Crippen LogP contribution >= 0.6 is 23.4 Å². The van der Waals surface area contributed by atoms with Gasteiger partial charge in [0.15, 0.2) is 0 Å². The van der Waals surface area contributed by atoms with Gasteiger partial charge in [0.25, 0.3) is 0 Å². The van der Waals surface area contributed by atoms with Gasteiger partial charge in [0, 0.05) is 26.8 Å². The van der Waals surface area contributed by atoms with Gasteiger partial charge in [-0.1, -0.05) is 78.3 Å². The zero-order valence-corrected chi connectivity index (χ0v) is 25.3. The van der Waals surface area contributed by atoms with Crippen LogP contribution in [0.5, 0.6) is 0 Å². The van der Waals surface area contributed by atoms with E-state index in [0.717, 1.165) is 51.7 Å². The number of fused-ring (bicyclic) bond motifs is 1. The molecule has 7 heteroatoms. The van der Waals surface area contributed by atoms with Crippen molar-refractivity contribution in [2.45, 2.75) is 56.6 Å². The number of nitrogens with zero attached hydrogens (tertiary/aromatic N) is 1. The number of rotatable bonds is 12. The Balaban J connectivity index is 1.38. The standard InChI is InChI=1S/C35H35ClFNO3S/c1-34(2,41)29-9-4-3-7-24(29)13-17-31(42-22-35(20-32(35)37)21-33(39)40)26-8-5-6-23(18-26)10-15-28-16-12-25-11-14-27(36)19-30(25)38-28/h3-12,14-16,18-19,31-32,41H,13,17,20-22H2,1-2H3,(H,39,40)/b15-10+/t31-,32+,35-/m1/s1. The number of pyridine rings is 1. The topological polar surface area (TPSA) is 70.4 Å². The summed E-state index contributed by atoms with van der Waals surface area (Å²) in [5.41, 5.74) is 3.98. The number of alkyl halides is 1. The van der Waals surface area contributed by atoms with Crippen LogP contribution in [0.2, 0.25) is 5.02 Å². The Bertz CT molecular complexity index is 1620. The Labute approximate surface area is 255 Å². The van der Waals surface area contributed by atoms with Gasteiger partial charge in [-0.2, -0.15) is 11.8 Å². The van der Waals surface area contributed by atoms with Crippen molar-refractivity contribution in [2.24, 2.45) is 5.41 Å². The van der Waals surface area contributed by atoms with E-state index >= 15 is 0 Å². The van der Waals surface area contributed by atoms with E-state index in [4.69, 9.17) is 16.6 Å². The van der Waals surface area contributed by atoms with Crippen molar-refractivity contribution in [3.8, 4) is 0 Å². The molecule has 4 nitrogen and oxygen atoms in total. The second-order valence-electron chi connectivity index (χ2n) is 11.7. The van der Waals surface area contributed by atoms with E-state index in [1.54, 1.807) is 25.6 Å². The number of hydrogen-bond donors (Lipinski definition) is 2. The van der Waals surface area contributed by atoms with E-state index in [2.05, 4.69) is 12.1 Å². The van der Waals surface area contributed by atoms with Crippen molar-refractivity contribution >= 4 is 52.4 Å². The fourth-order valence-corrected chi connectivity index (χ4v) is 7.18. The monoisotopic (exact) mass is 603 g/mol. The van der Waals surface area contributed by atoms with E-state index in [0.29, 0.717) is 17.2 Å². The van der Waals surface area contributed by atoms with Crippen LogP contribution in [0.4, 0.5) is 4.39 Å². The lowest BCUT2D eigenvalue weighted by atomic mass is 9.90. The molecular formula is C35H35ClFNO3S. The number of thioether (sulfide) groups is 1. The lowest BCUT2D eigenvalue weighted by molar-refractivity contribution is -0.138. The minimum Gasteiger partial charge on any atom is -0.481 e. The molecule has 0 spiro atoms. The molecule has 3 aromatic carbocycles. The number of carbonyl (C=O) groups is 1. The Morgan fingerprint density at radius 3 is 2.62 bits per heavy atom. The highest BCUT2D eigenvalue weighted by molar-refractivity contribution is 7.99. The number of halogens is 2. The van der Waals surface area contributed by atoms with Gasteiger partial charge in [0.1, 0.15) is 6.17 Å². The molecule has 0 saturated heterocycles. The first-order valence-electron chi connectivity index (χ1n) is 14.1. The number of aryl methyl sites for hydroxylation is 1. The molecule has 3 atom stereocenters. The SMILES string of the molecule is CC(C)(O)c1ccccc1CC[C@@H](SC[C@]1(CC(=O)O)C[C@@H]1F)c1cccc(/C=C/c2ccc3ccc(Cl)cc3n2)c1. The van der Waals surface area contributed by atoms with Crippen LogP contribution < -0.4 is 0 Å². The third-order valence-electron chi connectivity index (χ3n) is 7.92. The average Bonchev–Trinajstić information content (AvgIpc) is 3.58. The number of hydrogen-bond acceptors (Lipinski definition) is 4. The Morgan fingerprint density at radius 1 is 1.12 bits per heavy atom. The first kappa shape index (κ1) is 30.3. The Hall–Kier alpha value is -3.19. The predicted molar refractivity (Wildman–Crippen MR) is 172 cm³/mol. The van der Waals surface area contributed by atoms with E-state index < -0.39 is 23.2 Å². The summed E-state index contributed by atoms with van der Waals surface area (Å²) < 4.78 is 14.4. The third kappa shape index (κ3) is 7.41. The molecule has 1 heterocycles. The molecule has 0 bridgehead atoms. The predicted octanol–water partition coefficient (Wildman–Crippen LogP) is 8.90. The summed E-state index contributed by atoms with van der Waals surface area (Å²) in [6.45, 7) is 3.58. The van der Waals surface area contributed by atoms with Crippen molar-refractivity contribution < 1.29 is 19.4 Å². The smallest absolute Gasteiger partial charge is 0.304 e. The maximum Gasteiger partial charge on any atom is 0.304 e. The van der Waals surface area contributed by atoms with E-state index in [-0.39, 0.29) is 11.7 Å². The highest BCUT2D eigenvalue weighted by Gasteiger charge is 2.56. The maximum atomic E-state index is 14.4. The average molecular weight is 604 g/mol. The van der Waals surface area contributed by atoms with Crippen LogP contribution in [0.3, 0.4) is 0 Å². The molecule has 0 radical (unpaired) electrons. The van der Waals surface area contributed by atoms with Gasteiger partial charge >= 0.3 is 5.97 Å². The van der Waals surface area contributed by atoms with Gasteiger partial charge in [-0.3, -0.25) is 4.79 Å². The van der Waals surface area contributed by atoms with Gasteiger partial charge in [0.2, 0.25) is 0 Å². The van der Waals surface area contributed by atoms with Crippen LogP contribution in [0.25, 0.3) is 23.1 Å². The van der Waals surface area contributed by atoms with Gasteiger partial charge in [-0.25, -0.2) is 9.37 Å². The number of aliphatic carboxylic acids is 1. The summed E-state index contributed by atoms with van der Waals surface area (Å²) in [5.74, 6) is -0.509. The lowest BCUT2D eigenvalue weighted by Gasteiger charge is -2.24. The van der Waals surface area contributed by atoms with E-state index in [9.17, 15) is 19.4 Å². The van der Waals surface area contributed by atoms with Crippen molar-refractivity contribution in [1.82, 2.24) is 4.98 Å². The molecule has 0 unspecified atom stereocenters. The fourth-order valence-electron chi connectivity index (χ4n) is 5.46. The Kier molecular flexibility index (Phi) is 9.07.